The second kappa shape index (κ2) is 7.77. The summed E-state index contributed by atoms with van der Waals surface area (Å²) < 4.78 is 7.92. The van der Waals surface area contributed by atoms with E-state index in [-0.39, 0.29) is 5.69 Å². The van der Waals surface area contributed by atoms with Gasteiger partial charge in [0, 0.05) is 38.1 Å². The van der Waals surface area contributed by atoms with E-state index in [4.69, 9.17) is 4.74 Å². The van der Waals surface area contributed by atoms with Crippen molar-refractivity contribution in [3.8, 4) is 5.75 Å². The molecule has 1 N–H and O–H groups in total. The molecule has 1 fully saturated rings. The first-order valence-corrected chi connectivity index (χ1v) is 10.7. The molecule has 4 aromatic rings. The van der Waals surface area contributed by atoms with E-state index in [9.17, 15) is 4.79 Å². The van der Waals surface area contributed by atoms with Crippen LogP contribution in [-0.4, -0.2) is 52.6 Å². The minimum absolute atomic E-state index is 0.162. The fourth-order valence-electron chi connectivity index (χ4n) is 4.17. The van der Waals surface area contributed by atoms with Gasteiger partial charge in [-0.15, -0.1) is 0 Å². The number of rotatable bonds is 4. The van der Waals surface area contributed by atoms with Gasteiger partial charge in [0.25, 0.3) is 0 Å². The zero-order chi connectivity index (χ0) is 20.7. The van der Waals surface area contributed by atoms with Gasteiger partial charge in [0.05, 0.1) is 24.0 Å². The van der Waals surface area contributed by atoms with Crippen molar-refractivity contribution in [2.75, 3.05) is 38.2 Å². The number of imidazole rings is 1. The Hall–Kier alpha value is -2.84. The molecule has 8 heteroatoms. The topological polar surface area (TPSA) is 65.9 Å². The highest BCUT2D eigenvalue weighted by Crippen LogP contribution is 2.29. The van der Waals surface area contributed by atoms with Gasteiger partial charge >= 0.3 is 5.69 Å². The summed E-state index contributed by atoms with van der Waals surface area (Å²) in [5.74, 6) is 0.897. The zero-order valence-corrected chi connectivity index (χ0v) is 18.2. The number of halogens is 1. The van der Waals surface area contributed by atoms with Gasteiger partial charge in [-0.3, -0.25) is 4.90 Å². The lowest BCUT2D eigenvalue weighted by Crippen LogP contribution is -2.46. The maximum atomic E-state index is 12.8. The zero-order valence-electron chi connectivity index (χ0n) is 16.6. The van der Waals surface area contributed by atoms with Gasteiger partial charge in [-0.05, 0) is 40.2 Å². The number of aromatic nitrogens is 3. The normalized spacial score (nSPS) is 15.2. The lowest BCUT2D eigenvalue weighted by atomic mass is 10.2. The number of fused-ring (bicyclic) bond motifs is 3. The number of anilines is 1. The van der Waals surface area contributed by atoms with Crippen LogP contribution in [0.15, 0.2) is 57.9 Å². The van der Waals surface area contributed by atoms with Crippen LogP contribution in [0.4, 0.5) is 5.69 Å². The van der Waals surface area contributed by atoms with Gasteiger partial charge in [-0.25, -0.2) is 14.2 Å². The van der Waals surface area contributed by atoms with E-state index in [1.54, 1.807) is 11.5 Å². The Balaban J connectivity index is 1.40. The highest BCUT2D eigenvalue weighted by atomic mass is 79.9. The van der Waals surface area contributed by atoms with Crippen molar-refractivity contribution in [1.82, 2.24) is 19.3 Å². The summed E-state index contributed by atoms with van der Waals surface area (Å²) in [4.78, 5) is 25.1. The molecule has 0 aliphatic carbocycles. The third-order valence-electron chi connectivity index (χ3n) is 5.71. The largest absolute Gasteiger partial charge is 0.495 e. The predicted molar refractivity (Wildman–Crippen MR) is 122 cm³/mol. The predicted octanol–water partition coefficient (Wildman–Crippen LogP) is 3.27. The van der Waals surface area contributed by atoms with E-state index < -0.39 is 0 Å². The molecule has 7 nitrogen and oxygen atoms in total. The number of hydrogen-bond donors (Lipinski definition) is 1. The Morgan fingerprint density at radius 2 is 1.80 bits per heavy atom. The van der Waals surface area contributed by atoms with E-state index in [0.29, 0.717) is 12.2 Å². The fraction of sp³-hybridized carbons (Fsp3) is 0.273. The Kier molecular flexibility index (Phi) is 4.96. The Labute approximate surface area is 182 Å². The van der Waals surface area contributed by atoms with Crippen LogP contribution >= 0.6 is 15.9 Å². The average Bonchev–Trinajstić information content (AvgIpc) is 3.11. The standard InChI is InChI=1S/C22H22BrN5O2/c1-30-19-9-5-4-8-17(19)27-12-10-26(11-13-27)14-18-20(23)25-21-15-6-2-3-7-16(15)24-22(29)28(18)21/h2-9H,10-14H2,1H3,(H,24,29). The van der Waals surface area contributed by atoms with E-state index in [2.05, 4.69) is 41.8 Å². The average molecular weight is 468 g/mol. The van der Waals surface area contributed by atoms with Gasteiger partial charge in [0.1, 0.15) is 10.4 Å². The first-order valence-electron chi connectivity index (χ1n) is 9.94. The van der Waals surface area contributed by atoms with Gasteiger partial charge in [0.15, 0.2) is 5.65 Å². The third-order valence-corrected chi connectivity index (χ3v) is 6.34. The quantitative estimate of drug-likeness (QED) is 0.498. The van der Waals surface area contributed by atoms with Crippen LogP contribution in [0.2, 0.25) is 0 Å². The fourth-order valence-corrected chi connectivity index (χ4v) is 4.64. The van der Waals surface area contributed by atoms with Crippen molar-refractivity contribution in [2.24, 2.45) is 0 Å². The molecule has 5 rings (SSSR count). The van der Waals surface area contributed by atoms with Crippen LogP contribution in [0.5, 0.6) is 5.75 Å². The van der Waals surface area contributed by atoms with Crippen LogP contribution in [-0.2, 0) is 6.54 Å². The SMILES string of the molecule is COc1ccccc1N1CCN(Cc2c(Br)nc3c4ccccc4[nH]c(=O)n23)CC1. The number of methoxy groups -OCH3 is 1. The molecule has 1 saturated heterocycles. The van der Waals surface area contributed by atoms with Crippen molar-refractivity contribution >= 4 is 38.2 Å². The molecule has 0 saturated carbocycles. The van der Waals surface area contributed by atoms with Crippen LogP contribution in [0, 0.1) is 0 Å². The number of benzene rings is 2. The van der Waals surface area contributed by atoms with Crippen LogP contribution in [0.25, 0.3) is 16.6 Å². The molecule has 0 atom stereocenters. The van der Waals surface area contributed by atoms with Gasteiger partial charge in [0.2, 0.25) is 0 Å². The maximum Gasteiger partial charge on any atom is 0.332 e. The number of hydrogen-bond acceptors (Lipinski definition) is 5. The Bertz CT molecular complexity index is 1270. The molecule has 2 aromatic carbocycles. The summed E-state index contributed by atoms with van der Waals surface area (Å²) in [6.45, 7) is 4.23. The van der Waals surface area contributed by atoms with E-state index in [0.717, 1.165) is 58.8 Å². The van der Waals surface area contributed by atoms with Gasteiger partial charge in [-0.1, -0.05) is 24.3 Å². The van der Waals surface area contributed by atoms with Gasteiger partial charge < -0.3 is 14.6 Å². The number of ether oxygens (including phenoxy) is 1. The first-order chi connectivity index (χ1) is 14.7. The molecular formula is C22H22BrN5O2. The van der Waals surface area contributed by atoms with Crippen molar-refractivity contribution in [3.63, 3.8) is 0 Å². The molecule has 0 bridgehead atoms. The summed E-state index contributed by atoms with van der Waals surface area (Å²) in [5, 5.41) is 0.935. The molecule has 0 spiro atoms. The smallest absolute Gasteiger partial charge is 0.332 e. The summed E-state index contributed by atoms with van der Waals surface area (Å²) in [7, 11) is 1.71. The number of para-hydroxylation sites is 3. The highest BCUT2D eigenvalue weighted by molar-refractivity contribution is 9.10. The molecule has 0 amide bonds. The summed E-state index contributed by atoms with van der Waals surface area (Å²) >= 11 is 3.59. The number of piperazine rings is 1. The number of nitrogens with zero attached hydrogens (tertiary/aromatic N) is 4. The second-order valence-corrected chi connectivity index (χ2v) is 8.17. The highest BCUT2D eigenvalue weighted by Gasteiger charge is 2.23. The molecule has 2 aromatic heterocycles. The molecule has 0 unspecified atom stereocenters. The van der Waals surface area contributed by atoms with E-state index >= 15 is 0 Å². The van der Waals surface area contributed by atoms with Crippen molar-refractivity contribution in [1.29, 1.82) is 0 Å². The Morgan fingerprint density at radius 1 is 1.07 bits per heavy atom. The van der Waals surface area contributed by atoms with Crippen LogP contribution < -0.4 is 15.3 Å². The lowest BCUT2D eigenvalue weighted by molar-refractivity contribution is 0.245. The van der Waals surface area contributed by atoms with Crippen LogP contribution in [0.3, 0.4) is 0 Å². The maximum absolute atomic E-state index is 12.8. The Morgan fingerprint density at radius 3 is 2.60 bits per heavy atom. The van der Waals surface area contributed by atoms with E-state index in [1.165, 1.54) is 0 Å². The van der Waals surface area contributed by atoms with Gasteiger partial charge in [-0.2, -0.15) is 0 Å². The molecule has 1 aliphatic heterocycles. The number of H-pyrrole nitrogens is 1. The monoisotopic (exact) mass is 467 g/mol. The minimum atomic E-state index is -0.162. The summed E-state index contributed by atoms with van der Waals surface area (Å²) in [6, 6.07) is 15.9. The van der Waals surface area contributed by atoms with E-state index in [1.807, 2.05) is 42.5 Å². The van der Waals surface area contributed by atoms with Crippen molar-refractivity contribution in [3.05, 3.63) is 69.3 Å². The molecule has 30 heavy (non-hydrogen) atoms. The molecular weight excluding hydrogens is 446 g/mol. The van der Waals surface area contributed by atoms with Crippen LogP contribution in [0.1, 0.15) is 5.69 Å². The first kappa shape index (κ1) is 19.1. The van der Waals surface area contributed by atoms with Crippen molar-refractivity contribution < 1.29 is 4.74 Å². The number of nitrogens with one attached hydrogen (secondary N) is 1. The summed E-state index contributed by atoms with van der Waals surface area (Å²) in [5.41, 5.74) is 3.32. The molecule has 0 radical (unpaired) electrons. The molecule has 1 aliphatic rings. The summed E-state index contributed by atoms with van der Waals surface area (Å²) in [6.07, 6.45) is 0. The second-order valence-electron chi connectivity index (χ2n) is 7.42. The molecule has 154 valence electrons. The van der Waals surface area contributed by atoms with Crippen molar-refractivity contribution in [2.45, 2.75) is 6.54 Å². The minimum Gasteiger partial charge on any atom is -0.495 e. The third kappa shape index (κ3) is 3.26. The molecule has 3 heterocycles. The number of aromatic amines is 1. The lowest BCUT2D eigenvalue weighted by Gasteiger charge is -2.36.